The summed E-state index contributed by atoms with van der Waals surface area (Å²) in [6.07, 6.45) is 4.68. The van der Waals surface area contributed by atoms with Crippen LogP contribution in [0.4, 0.5) is 5.69 Å². The average molecular weight is 244 g/mol. The van der Waals surface area contributed by atoms with Crippen molar-refractivity contribution in [3.8, 4) is 0 Å². The fourth-order valence-corrected chi connectivity index (χ4v) is 3.61. The third-order valence-electron chi connectivity index (χ3n) is 4.45. The number of ether oxygens (including phenoxy) is 1. The van der Waals surface area contributed by atoms with Crippen molar-refractivity contribution in [2.75, 3.05) is 25.0 Å². The predicted molar refractivity (Wildman–Crippen MR) is 71.8 cm³/mol. The van der Waals surface area contributed by atoms with Gasteiger partial charge in [-0.2, -0.15) is 0 Å². The second-order valence-electron chi connectivity index (χ2n) is 5.78. The number of morpholine rings is 1. The SMILES string of the molecule is c1cc2c(c(CN3CC4CCC(C3)O4)c1)NCC2. The first kappa shape index (κ1) is 10.8. The van der Waals surface area contributed by atoms with Gasteiger partial charge in [0.2, 0.25) is 0 Å². The van der Waals surface area contributed by atoms with E-state index >= 15 is 0 Å². The van der Waals surface area contributed by atoms with E-state index in [1.807, 2.05) is 0 Å². The standard InChI is InChI=1S/C15H20N2O/c1-2-11-6-7-16-15(11)12(3-1)8-17-9-13-4-5-14(10-17)18-13/h1-3,13-14,16H,4-10H2. The molecule has 2 bridgehead atoms. The monoisotopic (exact) mass is 244 g/mol. The number of anilines is 1. The summed E-state index contributed by atoms with van der Waals surface area (Å²) in [7, 11) is 0. The summed E-state index contributed by atoms with van der Waals surface area (Å²) in [5, 5.41) is 3.54. The highest BCUT2D eigenvalue weighted by atomic mass is 16.5. The summed E-state index contributed by atoms with van der Waals surface area (Å²) in [5.74, 6) is 0. The van der Waals surface area contributed by atoms with E-state index in [2.05, 4.69) is 28.4 Å². The molecule has 0 radical (unpaired) electrons. The molecule has 3 heterocycles. The van der Waals surface area contributed by atoms with Gasteiger partial charge in [-0.3, -0.25) is 4.90 Å². The van der Waals surface area contributed by atoms with Gasteiger partial charge in [0.15, 0.2) is 0 Å². The molecule has 0 aromatic heterocycles. The highest BCUT2D eigenvalue weighted by Gasteiger charge is 2.33. The Balaban J connectivity index is 1.53. The lowest BCUT2D eigenvalue weighted by Gasteiger charge is -2.32. The second-order valence-corrected chi connectivity index (χ2v) is 5.78. The van der Waals surface area contributed by atoms with Crippen LogP contribution in [0.25, 0.3) is 0 Å². The molecule has 4 rings (SSSR count). The summed E-state index contributed by atoms with van der Waals surface area (Å²) < 4.78 is 5.90. The number of para-hydroxylation sites is 1. The Bertz CT molecular complexity index is 448. The van der Waals surface area contributed by atoms with Crippen LogP contribution in [0.2, 0.25) is 0 Å². The zero-order chi connectivity index (χ0) is 11.9. The van der Waals surface area contributed by atoms with Gasteiger partial charge in [0.05, 0.1) is 12.2 Å². The Hall–Kier alpha value is -1.06. The molecule has 3 nitrogen and oxygen atoms in total. The number of hydrogen-bond donors (Lipinski definition) is 1. The van der Waals surface area contributed by atoms with Crippen molar-refractivity contribution in [3.05, 3.63) is 29.3 Å². The average Bonchev–Trinajstić information content (AvgIpc) is 2.97. The maximum atomic E-state index is 5.90. The molecule has 1 aromatic rings. The summed E-state index contributed by atoms with van der Waals surface area (Å²) in [5.41, 5.74) is 4.35. The number of nitrogens with zero attached hydrogens (tertiary/aromatic N) is 1. The van der Waals surface area contributed by atoms with Gasteiger partial charge in [-0.15, -0.1) is 0 Å². The van der Waals surface area contributed by atoms with Crippen LogP contribution in [0.1, 0.15) is 24.0 Å². The van der Waals surface area contributed by atoms with E-state index in [1.165, 1.54) is 36.1 Å². The molecule has 2 atom stereocenters. The Morgan fingerprint density at radius 3 is 2.89 bits per heavy atom. The van der Waals surface area contributed by atoms with E-state index < -0.39 is 0 Å². The first-order valence-electron chi connectivity index (χ1n) is 7.11. The van der Waals surface area contributed by atoms with Crippen molar-refractivity contribution >= 4 is 5.69 Å². The summed E-state index contributed by atoms with van der Waals surface area (Å²) in [6, 6.07) is 6.73. The van der Waals surface area contributed by atoms with E-state index in [0.29, 0.717) is 12.2 Å². The van der Waals surface area contributed by atoms with Crippen molar-refractivity contribution in [2.45, 2.75) is 38.0 Å². The van der Waals surface area contributed by atoms with Crippen LogP contribution in [0.5, 0.6) is 0 Å². The number of likely N-dealkylation sites (tertiary alicyclic amines) is 1. The van der Waals surface area contributed by atoms with E-state index in [0.717, 1.165) is 26.2 Å². The van der Waals surface area contributed by atoms with Crippen molar-refractivity contribution in [1.82, 2.24) is 4.90 Å². The highest BCUT2D eigenvalue weighted by Crippen LogP contribution is 2.31. The molecule has 3 heteroatoms. The Kier molecular flexibility index (Phi) is 2.55. The maximum Gasteiger partial charge on any atom is 0.0707 e. The molecule has 0 saturated carbocycles. The van der Waals surface area contributed by atoms with Crippen LogP contribution in [0.3, 0.4) is 0 Å². The minimum atomic E-state index is 0.494. The van der Waals surface area contributed by atoms with Crippen molar-refractivity contribution in [2.24, 2.45) is 0 Å². The lowest BCUT2D eigenvalue weighted by Crippen LogP contribution is -2.42. The smallest absolute Gasteiger partial charge is 0.0707 e. The minimum absolute atomic E-state index is 0.494. The number of rotatable bonds is 2. The number of fused-ring (bicyclic) bond motifs is 3. The van der Waals surface area contributed by atoms with Crippen LogP contribution >= 0.6 is 0 Å². The van der Waals surface area contributed by atoms with Crippen molar-refractivity contribution < 1.29 is 4.74 Å². The van der Waals surface area contributed by atoms with Crippen LogP contribution < -0.4 is 5.32 Å². The van der Waals surface area contributed by atoms with Crippen LogP contribution in [-0.4, -0.2) is 36.7 Å². The molecule has 1 aromatic carbocycles. The van der Waals surface area contributed by atoms with E-state index in [1.54, 1.807) is 0 Å². The Labute approximate surface area is 108 Å². The van der Waals surface area contributed by atoms with Gasteiger partial charge >= 0.3 is 0 Å². The third kappa shape index (κ3) is 1.82. The molecular formula is C15H20N2O. The number of benzene rings is 1. The largest absolute Gasteiger partial charge is 0.384 e. The number of hydrogen-bond acceptors (Lipinski definition) is 3. The molecular weight excluding hydrogens is 224 g/mol. The zero-order valence-electron chi connectivity index (χ0n) is 10.7. The molecule has 3 aliphatic rings. The lowest BCUT2D eigenvalue weighted by atomic mass is 10.1. The molecule has 2 saturated heterocycles. The predicted octanol–water partition coefficient (Wildman–Crippen LogP) is 2.02. The fraction of sp³-hybridized carbons (Fsp3) is 0.600. The quantitative estimate of drug-likeness (QED) is 0.861. The zero-order valence-corrected chi connectivity index (χ0v) is 10.7. The summed E-state index contributed by atoms with van der Waals surface area (Å²) in [6.45, 7) is 4.40. The van der Waals surface area contributed by atoms with Crippen LogP contribution in [-0.2, 0) is 17.7 Å². The second kappa shape index (κ2) is 4.25. The summed E-state index contributed by atoms with van der Waals surface area (Å²) >= 11 is 0. The topological polar surface area (TPSA) is 24.5 Å². The highest BCUT2D eigenvalue weighted by molar-refractivity contribution is 5.61. The Morgan fingerprint density at radius 1 is 1.22 bits per heavy atom. The molecule has 2 unspecified atom stereocenters. The van der Waals surface area contributed by atoms with E-state index in [-0.39, 0.29) is 0 Å². The van der Waals surface area contributed by atoms with Crippen LogP contribution in [0.15, 0.2) is 18.2 Å². The van der Waals surface area contributed by atoms with Gasteiger partial charge in [-0.1, -0.05) is 18.2 Å². The van der Waals surface area contributed by atoms with E-state index in [4.69, 9.17) is 4.74 Å². The molecule has 96 valence electrons. The van der Waals surface area contributed by atoms with Crippen molar-refractivity contribution in [3.63, 3.8) is 0 Å². The molecule has 18 heavy (non-hydrogen) atoms. The van der Waals surface area contributed by atoms with E-state index in [9.17, 15) is 0 Å². The molecule has 0 spiro atoms. The third-order valence-corrected chi connectivity index (χ3v) is 4.45. The lowest BCUT2D eigenvalue weighted by molar-refractivity contribution is -0.0410. The first-order valence-corrected chi connectivity index (χ1v) is 7.11. The molecule has 3 aliphatic heterocycles. The Morgan fingerprint density at radius 2 is 2.06 bits per heavy atom. The fourth-order valence-electron chi connectivity index (χ4n) is 3.61. The maximum absolute atomic E-state index is 5.90. The van der Waals surface area contributed by atoms with Gasteiger partial charge in [0.25, 0.3) is 0 Å². The van der Waals surface area contributed by atoms with Gasteiger partial charge in [-0.25, -0.2) is 0 Å². The molecule has 0 amide bonds. The summed E-state index contributed by atoms with van der Waals surface area (Å²) in [4.78, 5) is 2.57. The molecule has 1 N–H and O–H groups in total. The van der Waals surface area contributed by atoms with Gasteiger partial charge in [0.1, 0.15) is 0 Å². The molecule has 0 aliphatic carbocycles. The minimum Gasteiger partial charge on any atom is -0.384 e. The van der Waals surface area contributed by atoms with Gasteiger partial charge in [0, 0.05) is 31.9 Å². The number of nitrogens with one attached hydrogen (secondary N) is 1. The molecule has 2 fully saturated rings. The van der Waals surface area contributed by atoms with Crippen LogP contribution in [0, 0.1) is 0 Å². The van der Waals surface area contributed by atoms with Gasteiger partial charge < -0.3 is 10.1 Å². The normalized spacial score (nSPS) is 30.2. The van der Waals surface area contributed by atoms with Crippen molar-refractivity contribution in [1.29, 1.82) is 0 Å². The first-order chi connectivity index (χ1) is 8.88. The van der Waals surface area contributed by atoms with Gasteiger partial charge in [-0.05, 0) is 30.4 Å².